The molecule has 0 bridgehead atoms. The zero-order chi connectivity index (χ0) is 18.9. The minimum Gasteiger partial charge on any atom is -0.493 e. The second-order valence-corrected chi connectivity index (χ2v) is 7.20. The summed E-state index contributed by atoms with van der Waals surface area (Å²) in [5.74, 6) is 1.81. The maximum atomic E-state index is 12.8. The molecule has 1 unspecified atom stereocenters. The Morgan fingerprint density at radius 2 is 1.85 bits per heavy atom. The maximum Gasteiger partial charge on any atom is 0.251 e. The lowest BCUT2D eigenvalue weighted by Gasteiger charge is -2.38. The Bertz CT molecular complexity index is 829. The fraction of sp³-hybridized carbons (Fsp3) is 0.381. The van der Waals surface area contributed by atoms with E-state index in [-0.39, 0.29) is 17.6 Å². The number of hydrogen-bond donors (Lipinski definition) is 1. The number of nitrogens with one attached hydrogen (secondary N) is 1. The van der Waals surface area contributed by atoms with Crippen LogP contribution in [0.15, 0.2) is 36.4 Å². The minimum atomic E-state index is -0.351. The maximum absolute atomic E-state index is 12.8. The topological polar surface area (TPSA) is 56.8 Å². The van der Waals surface area contributed by atoms with Gasteiger partial charge in [0, 0.05) is 17.5 Å². The third-order valence-electron chi connectivity index (χ3n) is 4.58. The van der Waals surface area contributed by atoms with Crippen LogP contribution in [0.4, 0.5) is 0 Å². The van der Waals surface area contributed by atoms with Gasteiger partial charge in [0.15, 0.2) is 11.5 Å². The number of carbonyl (C=O) groups is 1. The number of fused-ring (bicyclic) bond motifs is 1. The van der Waals surface area contributed by atoms with E-state index in [0.29, 0.717) is 23.5 Å². The van der Waals surface area contributed by atoms with Gasteiger partial charge in [-0.3, -0.25) is 4.79 Å². The molecule has 1 heterocycles. The molecular weight excluding hydrogens is 330 g/mol. The number of methoxy groups -OCH3 is 2. The zero-order valence-corrected chi connectivity index (χ0v) is 15.9. The first-order valence-electron chi connectivity index (χ1n) is 8.65. The van der Waals surface area contributed by atoms with Gasteiger partial charge >= 0.3 is 0 Å². The van der Waals surface area contributed by atoms with Crippen LogP contribution < -0.4 is 19.5 Å². The Morgan fingerprint density at radius 3 is 2.54 bits per heavy atom. The summed E-state index contributed by atoms with van der Waals surface area (Å²) in [6.45, 7) is 6.10. The van der Waals surface area contributed by atoms with Crippen LogP contribution in [0.2, 0.25) is 0 Å². The third-order valence-corrected chi connectivity index (χ3v) is 4.58. The molecule has 138 valence electrons. The minimum absolute atomic E-state index is 0.116. The molecular formula is C21H25NO4. The quantitative estimate of drug-likeness (QED) is 0.899. The average molecular weight is 355 g/mol. The van der Waals surface area contributed by atoms with Crippen molar-refractivity contribution in [3.63, 3.8) is 0 Å². The van der Waals surface area contributed by atoms with Crippen molar-refractivity contribution in [2.45, 2.75) is 38.8 Å². The van der Waals surface area contributed by atoms with E-state index in [2.05, 4.69) is 5.32 Å². The molecule has 2 aromatic carbocycles. The van der Waals surface area contributed by atoms with Crippen molar-refractivity contribution in [2.24, 2.45) is 0 Å². The van der Waals surface area contributed by atoms with Crippen LogP contribution >= 0.6 is 0 Å². The molecule has 1 aliphatic heterocycles. The van der Waals surface area contributed by atoms with Gasteiger partial charge < -0.3 is 19.5 Å². The van der Waals surface area contributed by atoms with Crippen molar-refractivity contribution in [1.29, 1.82) is 0 Å². The summed E-state index contributed by atoms with van der Waals surface area (Å²) in [5, 5.41) is 3.14. The van der Waals surface area contributed by atoms with Crippen LogP contribution in [0.3, 0.4) is 0 Å². The number of aryl methyl sites for hydroxylation is 1. The van der Waals surface area contributed by atoms with Gasteiger partial charge in [0.05, 0.1) is 20.3 Å². The van der Waals surface area contributed by atoms with Crippen LogP contribution in [0.5, 0.6) is 17.2 Å². The Morgan fingerprint density at radius 1 is 1.12 bits per heavy atom. The SMILES string of the molecule is COc1ccc(C(=O)NC2CC(C)(C)Oc3cc(C)ccc32)cc1OC. The van der Waals surface area contributed by atoms with Gasteiger partial charge in [0.2, 0.25) is 0 Å². The van der Waals surface area contributed by atoms with E-state index in [1.807, 2.05) is 39.0 Å². The molecule has 26 heavy (non-hydrogen) atoms. The normalized spacial score (nSPS) is 17.7. The monoisotopic (exact) mass is 355 g/mol. The van der Waals surface area contributed by atoms with Gasteiger partial charge in [0.1, 0.15) is 11.4 Å². The summed E-state index contributed by atoms with van der Waals surface area (Å²) < 4.78 is 16.6. The predicted octanol–water partition coefficient (Wildman–Crippen LogP) is 4.04. The molecule has 0 fully saturated rings. The standard InChI is InChI=1S/C21H25NO4/c1-13-6-8-15-16(12-21(2,3)26-18(15)10-13)22-20(23)14-7-9-17(24-4)19(11-14)25-5/h6-11,16H,12H2,1-5H3,(H,22,23). The van der Waals surface area contributed by atoms with Crippen LogP contribution in [-0.4, -0.2) is 25.7 Å². The smallest absolute Gasteiger partial charge is 0.251 e. The van der Waals surface area contributed by atoms with Crippen LogP contribution in [0, 0.1) is 6.92 Å². The van der Waals surface area contributed by atoms with Gasteiger partial charge in [-0.2, -0.15) is 0 Å². The van der Waals surface area contributed by atoms with Crippen LogP contribution in [-0.2, 0) is 0 Å². The first-order chi connectivity index (χ1) is 12.3. The molecule has 2 aromatic rings. The molecule has 3 rings (SSSR count). The number of rotatable bonds is 4. The highest BCUT2D eigenvalue weighted by Crippen LogP contribution is 2.40. The largest absolute Gasteiger partial charge is 0.493 e. The van der Waals surface area contributed by atoms with E-state index in [4.69, 9.17) is 14.2 Å². The fourth-order valence-corrected chi connectivity index (χ4v) is 3.31. The number of hydrogen-bond acceptors (Lipinski definition) is 4. The Balaban J connectivity index is 1.88. The van der Waals surface area contributed by atoms with Crippen molar-refractivity contribution < 1.29 is 19.0 Å². The number of benzene rings is 2. The van der Waals surface area contributed by atoms with E-state index in [9.17, 15) is 4.79 Å². The summed E-state index contributed by atoms with van der Waals surface area (Å²) >= 11 is 0. The predicted molar refractivity (Wildman–Crippen MR) is 100 cm³/mol. The number of ether oxygens (including phenoxy) is 3. The van der Waals surface area contributed by atoms with Crippen LogP contribution in [0.1, 0.15) is 47.8 Å². The summed E-state index contributed by atoms with van der Waals surface area (Å²) in [6, 6.07) is 11.1. The highest BCUT2D eigenvalue weighted by Gasteiger charge is 2.34. The van der Waals surface area contributed by atoms with Crippen molar-refractivity contribution >= 4 is 5.91 Å². The molecule has 0 radical (unpaired) electrons. The third kappa shape index (κ3) is 3.62. The van der Waals surface area contributed by atoms with Gasteiger partial charge in [-0.1, -0.05) is 12.1 Å². The molecule has 0 aliphatic carbocycles. The molecule has 1 amide bonds. The van der Waals surface area contributed by atoms with Gasteiger partial charge in [-0.05, 0) is 50.6 Å². The van der Waals surface area contributed by atoms with E-state index < -0.39 is 0 Å². The zero-order valence-electron chi connectivity index (χ0n) is 15.9. The molecule has 1 N–H and O–H groups in total. The van der Waals surface area contributed by atoms with E-state index in [1.54, 1.807) is 32.4 Å². The summed E-state index contributed by atoms with van der Waals surface area (Å²) in [4.78, 5) is 12.8. The lowest BCUT2D eigenvalue weighted by Crippen LogP contribution is -2.41. The van der Waals surface area contributed by atoms with E-state index >= 15 is 0 Å². The molecule has 5 nitrogen and oxygen atoms in total. The molecule has 1 aliphatic rings. The molecule has 0 saturated heterocycles. The van der Waals surface area contributed by atoms with Crippen molar-refractivity contribution in [3.8, 4) is 17.2 Å². The van der Waals surface area contributed by atoms with E-state index in [0.717, 1.165) is 16.9 Å². The van der Waals surface area contributed by atoms with Crippen molar-refractivity contribution in [3.05, 3.63) is 53.1 Å². The summed E-state index contributed by atoms with van der Waals surface area (Å²) in [5.41, 5.74) is 2.31. The second-order valence-electron chi connectivity index (χ2n) is 7.20. The summed E-state index contributed by atoms with van der Waals surface area (Å²) in [7, 11) is 3.12. The Kier molecular flexibility index (Phi) is 4.81. The first-order valence-corrected chi connectivity index (χ1v) is 8.65. The van der Waals surface area contributed by atoms with Gasteiger partial charge in [-0.15, -0.1) is 0 Å². The highest BCUT2D eigenvalue weighted by molar-refractivity contribution is 5.95. The molecule has 0 aromatic heterocycles. The second kappa shape index (κ2) is 6.90. The van der Waals surface area contributed by atoms with Gasteiger partial charge in [-0.25, -0.2) is 0 Å². The molecule has 5 heteroatoms. The highest BCUT2D eigenvalue weighted by atomic mass is 16.5. The Labute approximate surface area is 154 Å². The molecule has 0 spiro atoms. The summed E-state index contributed by atoms with van der Waals surface area (Å²) in [6.07, 6.45) is 0.697. The number of carbonyl (C=O) groups excluding carboxylic acids is 1. The Hall–Kier alpha value is -2.69. The lowest BCUT2D eigenvalue weighted by molar-refractivity contribution is 0.0619. The molecule has 1 atom stereocenters. The molecule has 0 saturated carbocycles. The average Bonchev–Trinajstić information content (AvgIpc) is 2.59. The van der Waals surface area contributed by atoms with Crippen LogP contribution in [0.25, 0.3) is 0 Å². The lowest BCUT2D eigenvalue weighted by atomic mass is 9.89. The number of amides is 1. The van der Waals surface area contributed by atoms with Gasteiger partial charge in [0.25, 0.3) is 5.91 Å². The first kappa shape index (κ1) is 18.1. The van der Waals surface area contributed by atoms with E-state index in [1.165, 1.54) is 0 Å². The van der Waals surface area contributed by atoms with Crippen molar-refractivity contribution in [2.75, 3.05) is 14.2 Å². The fourth-order valence-electron chi connectivity index (χ4n) is 3.31. The van der Waals surface area contributed by atoms with Crippen molar-refractivity contribution in [1.82, 2.24) is 5.32 Å².